The smallest absolute Gasteiger partial charge is 0.0735 e. The first-order chi connectivity index (χ1) is 8.63. The van der Waals surface area contributed by atoms with Gasteiger partial charge in [0.15, 0.2) is 0 Å². The van der Waals surface area contributed by atoms with Crippen LogP contribution in [0.3, 0.4) is 0 Å². The number of hydrogen-bond acceptors (Lipinski definition) is 2. The number of nitriles is 1. The Kier molecular flexibility index (Phi) is 3.86. The zero-order valence-corrected chi connectivity index (χ0v) is 11.3. The second-order valence-corrected chi connectivity index (χ2v) is 4.74. The molecule has 0 aliphatic heterocycles. The predicted molar refractivity (Wildman–Crippen MR) is 73.7 cm³/mol. The van der Waals surface area contributed by atoms with E-state index in [9.17, 15) is 0 Å². The monoisotopic (exact) mass is 276 g/mol. The lowest BCUT2D eigenvalue weighted by Gasteiger charge is -2.09. The molecule has 2 nitrogen and oxygen atoms in total. The number of nitrogens with zero attached hydrogens (tertiary/aromatic N) is 2. The molecule has 0 spiro atoms. The second kappa shape index (κ2) is 5.39. The zero-order valence-electron chi connectivity index (χ0n) is 9.74. The quantitative estimate of drug-likeness (QED) is 0.814. The molecule has 0 unspecified atom stereocenters. The van der Waals surface area contributed by atoms with Crippen LogP contribution < -0.4 is 0 Å². The highest BCUT2D eigenvalue weighted by Crippen LogP contribution is 2.33. The van der Waals surface area contributed by atoms with E-state index in [1.807, 2.05) is 13.0 Å². The molecule has 0 radical (unpaired) electrons. The van der Waals surface area contributed by atoms with E-state index in [-0.39, 0.29) is 0 Å². The van der Waals surface area contributed by atoms with Gasteiger partial charge in [-0.2, -0.15) is 5.26 Å². The third kappa shape index (κ3) is 2.48. The molecule has 0 fully saturated rings. The molecule has 0 amide bonds. The largest absolute Gasteiger partial charge is 0.256 e. The maximum atomic E-state index is 8.79. The minimum Gasteiger partial charge on any atom is -0.256 e. The molecule has 18 heavy (non-hydrogen) atoms. The lowest BCUT2D eigenvalue weighted by Crippen LogP contribution is -1.93. The van der Waals surface area contributed by atoms with E-state index in [2.05, 4.69) is 11.1 Å². The molecule has 2 rings (SSSR count). The fourth-order valence-electron chi connectivity index (χ4n) is 1.72. The molecule has 0 aliphatic carbocycles. The molecule has 0 atom stereocenters. The average molecular weight is 277 g/mol. The third-order valence-electron chi connectivity index (χ3n) is 2.70. The zero-order chi connectivity index (χ0) is 13.1. The van der Waals surface area contributed by atoms with Gasteiger partial charge in [-0.05, 0) is 36.2 Å². The van der Waals surface area contributed by atoms with Crippen molar-refractivity contribution in [2.24, 2.45) is 0 Å². The molecular weight excluding hydrogens is 267 g/mol. The van der Waals surface area contributed by atoms with Gasteiger partial charge < -0.3 is 0 Å². The molecule has 1 aromatic heterocycles. The fourth-order valence-corrected chi connectivity index (χ4v) is 2.31. The van der Waals surface area contributed by atoms with Crippen LogP contribution in [-0.2, 0) is 6.42 Å². The van der Waals surface area contributed by atoms with Gasteiger partial charge in [0.05, 0.1) is 28.2 Å². The van der Waals surface area contributed by atoms with Crippen molar-refractivity contribution < 1.29 is 0 Å². The summed E-state index contributed by atoms with van der Waals surface area (Å²) in [5, 5.41) is 9.91. The van der Waals surface area contributed by atoms with Crippen LogP contribution in [0.1, 0.15) is 11.1 Å². The van der Waals surface area contributed by atoms with Crippen molar-refractivity contribution in [2.45, 2.75) is 13.3 Å². The van der Waals surface area contributed by atoms with Crippen LogP contribution in [0.15, 0.2) is 30.5 Å². The normalized spacial score (nSPS) is 10.1. The van der Waals surface area contributed by atoms with Crippen LogP contribution in [0.4, 0.5) is 0 Å². The average Bonchev–Trinajstić information content (AvgIpc) is 2.33. The summed E-state index contributed by atoms with van der Waals surface area (Å²) in [4.78, 5) is 4.33. The number of rotatable bonds is 2. The van der Waals surface area contributed by atoms with Crippen LogP contribution >= 0.6 is 23.2 Å². The van der Waals surface area contributed by atoms with Gasteiger partial charge in [-0.15, -0.1) is 0 Å². The molecular formula is C14H10Cl2N2. The maximum Gasteiger partial charge on any atom is 0.0735 e. The van der Waals surface area contributed by atoms with Crippen molar-refractivity contribution in [2.75, 3.05) is 0 Å². The molecule has 0 saturated carbocycles. The van der Waals surface area contributed by atoms with Gasteiger partial charge in [0.2, 0.25) is 0 Å². The van der Waals surface area contributed by atoms with E-state index in [0.717, 1.165) is 11.1 Å². The van der Waals surface area contributed by atoms with Crippen molar-refractivity contribution in [3.63, 3.8) is 0 Å². The second-order valence-electron chi connectivity index (χ2n) is 3.93. The molecule has 0 aliphatic rings. The Hall–Kier alpha value is -1.56. The van der Waals surface area contributed by atoms with Crippen LogP contribution in [0.2, 0.25) is 10.0 Å². The van der Waals surface area contributed by atoms with E-state index in [0.29, 0.717) is 27.7 Å². The predicted octanol–water partition coefficient (Wildman–Crippen LogP) is 4.43. The highest BCUT2D eigenvalue weighted by molar-refractivity contribution is 6.39. The summed E-state index contributed by atoms with van der Waals surface area (Å²) < 4.78 is 0. The van der Waals surface area contributed by atoms with Gasteiger partial charge in [0.1, 0.15) is 0 Å². The molecule has 1 aromatic carbocycles. The van der Waals surface area contributed by atoms with E-state index in [1.165, 1.54) is 0 Å². The number of pyridine rings is 1. The van der Waals surface area contributed by atoms with Crippen molar-refractivity contribution in [1.29, 1.82) is 5.26 Å². The highest BCUT2D eigenvalue weighted by Gasteiger charge is 2.11. The van der Waals surface area contributed by atoms with Gasteiger partial charge in [0.25, 0.3) is 0 Å². The fraction of sp³-hybridized carbons (Fsp3) is 0.143. The molecule has 2 aromatic rings. The van der Waals surface area contributed by atoms with Crippen LogP contribution in [-0.4, -0.2) is 4.98 Å². The van der Waals surface area contributed by atoms with Gasteiger partial charge in [0, 0.05) is 11.8 Å². The van der Waals surface area contributed by atoms with Gasteiger partial charge in [-0.1, -0.05) is 29.3 Å². The lowest BCUT2D eigenvalue weighted by atomic mass is 10.0. The number of aryl methyl sites for hydroxylation is 1. The number of benzene rings is 1. The minimum atomic E-state index is 0.351. The van der Waals surface area contributed by atoms with Crippen LogP contribution in [0.25, 0.3) is 11.3 Å². The summed E-state index contributed by atoms with van der Waals surface area (Å²) in [5.74, 6) is 0. The summed E-state index contributed by atoms with van der Waals surface area (Å²) in [6.45, 7) is 1.93. The SMILES string of the molecule is Cc1cnc(-c2c(Cl)cccc2Cl)cc1CC#N. The molecule has 4 heteroatoms. The van der Waals surface area contributed by atoms with Crippen molar-refractivity contribution in [3.05, 3.63) is 51.6 Å². The van der Waals surface area contributed by atoms with E-state index < -0.39 is 0 Å². The van der Waals surface area contributed by atoms with Crippen LogP contribution in [0.5, 0.6) is 0 Å². The Balaban J connectivity index is 2.59. The maximum absolute atomic E-state index is 8.79. The molecule has 0 N–H and O–H groups in total. The molecule has 0 bridgehead atoms. The molecule has 90 valence electrons. The molecule has 0 saturated heterocycles. The summed E-state index contributed by atoms with van der Waals surface area (Å²) in [5.41, 5.74) is 3.34. The first-order valence-corrected chi connectivity index (χ1v) is 6.16. The number of halogens is 2. The van der Waals surface area contributed by atoms with E-state index in [1.54, 1.807) is 24.4 Å². The third-order valence-corrected chi connectivity index (χ3v) is 3.33. The van der Waals surface area contributed by atoms with Crippen LogP contribution in [0, 0.1) is 18.3 Å². The Bertz CT molecular complexity index is 610. The minimum absolute atomic E-state index is 0.351. The van der Waals surface area contributed by atoms with Crippen molar-refractivity contribution >= 4 is 23.2 Å². The topological polar surface area (TPSA) is 36.7 Å². The lowest BCUT2D eigenvalue weighted by molar-refractivity contribution is 1.16. The van der Waals surface area contributed by atoms with Gasteiger partial charge >= 0.3 is 0 Å². The summed E-state index contributed by atoms with van der Waals surface area (Å²) >= 11 is 12.3. The van der Waals surface area contributed by atoms with Gasteiger partial charge in [-0.3, -0.25) is 4.98 Å². The summed E-state index contributed by atoms with van der Waals surface area (Å²) in [6, 6.07) is 9.34. The van der Waals surface area contributed by atoms with Crippen molar-refractivity contribution in [1.82, 2.24) is 4.98 Å². The first kappa shape index (κ1) is 12.9. The number of hydrogen-bond donors (Lipinski definition) is 0. The van der Waals surface area contributed by atoms with E-state index >= 15 is 0 Å². The van der Waals surface area contributed by atoms with Crippen molar-refractivity contribution in [3.8, 4) is 17.3 Å². The Labute approximate surface area is 116 Å². The Morgan fingerprint density at radius 2 is 1.94 bits per heavy atom. The Morgan fingerprint density at radius 1 is 1.28 bits per heavy atom. The first-order valence-electron chi connectivity index (χ1n) is 5.40. The summed E-state index contributed by atoms with van der Waals surface area (Å²) in [6.07, 6.45) is 2.09. The van der Waals surface area contributed by atoms with E-state index in [4.69, 9.17) is 28.5 Å². The Morgan fingerprint density at radius 3 is 2.56 bits per heavy atom. The summed E-state index contributed by atoms with van der Waals surface area (Å²) in [7, 11) is 0. The number of aromatic nitrogens is 1. The highest BCUT2D eigenvalue weighted by atomic mass is 35.5. The standard InChI is InChI=1S/C14H10Cl2N2/c1-9-8-18-13(7-10(9)5-6-17)14-11(15)3-2-4-12(14)16/h2-4,7-8H,5H2,1H3. The van der Waals surface area contributed by atoms with Gasteiger partial charge in [-0.25, -0.2) is 0 Å². The molecule has 1 heterocycles.